The number of amides is 1. The van der Waals surface area contributed by atoms with E-state index >= 15 is 0 Å². The highest BCUT2D eigenvalue weighted by Crippen LogP contribution is 2.31. The molecule has 1 atom stereocenters. The van der Waals surface area contributed by atoms with Gasteiger partial charge < -0.3 is 14.2 Å². The van der Waals surface area contributed by atoms with Crippen LogP contribution in [0.1, 0.15) is 24.7 Å². The quantitative estimate of drug-likeness (QED) is 0.846. The Balaban J connectivity index is 1.65. The van der Waals surface area contributed by atoms with Crippen molar-refractivity contribution in [3.8, 4) is 5.75 Å². The Morgan fingerprint density at radius 1 is 1.39 bits per heavy atom. The highest BCUT2D eigenvalue weighted by atomic mass is 35.5. The molecule has 1 aliphatic rings. The van der Waals surface area contributed by atoms with E-state index in [1.807, 2.05) is 11.6 Å². The van der Waals surface area contributed by atoms with E-state index in [4.69, 9.17) is 27.9 Å². The molecule has 2 aromatic rings. The molecule has 0 saturated carbocycles. The van der Waals surface area contributed by atoms with Gasteiger partial charge in [0.1, 0.15) is 12.1 Å². The molecular formula is C15H16Cl2N4O2. The van der Waals surface area contributed by atoms with Crippen LogP contribution in [0.4, 0.5) is 0 Å². The molecule has 1 amide bonds. The first-order valence-electron chi connectivity index (χ1n) is 7.27. The smallest absolute Gasteiger partial charge is 0.261 e. The van der Waals surface area contributed by atoms with Crippen molar-refractivity contribution in [2.75, 3.05) is 13.2 Å². The van der Waals surface area contributed by atoms with Crippen LogP contribution >= 0.6 is 23.2 Å². The summed E-state index contributed by atoms with van der Waals surface area (Å²) in [6, 6.07) is 4.88. The summed E-state index contributed by atoms with van der Waals surface area (Å²) in [7, 11) is 1.88. The average molecular weight is 355 g/mol. The molecule has 0 aliphatic carbocycles. The maximum Gasteiger partial charge on any atom is 0.261 e. The van der Waals surface area contributed by atoms with Crippen molar-refractivity contribution in [3.05, 3.63) is 40.4 Å². The summed E-state index contributed by atoms with van der Waals surface area (Å²) in [5.41, 5.74) is 0. The third-order valence-corrected chi connectivity index (χ3v) is 4.61. The molecule has 1 aromatic heterocycles. The second kappa shape index (κ2) is 6.76. The zero-order valence-electron chi connectivity index (χ0n) is 12.6. The largest absolute Gasteiger partial charge is 0.484 e. The fourth-order valence-electron chi connectivity index (χ4n) is 2.72. The van der Waals surface area contributed by atoms with Gasteiger partial charge in [-0.2, -0.15) is 0 Å². The number of hydrogen-bond donors (Lipinski definition) is 0. The summed E-state index contributed by atoms with van der Waals surface area (Å²) in [5, 5.41) is 8.85. The predicted octanol–water partition coefficient (Wildman–Crippen LogP) is 2.86. The summed E-state index contributed by atoms with van der Waals surface area (Å²) in [6.07, 6.45) is 3.46. The zero-order chi connectivity index (χ0) is 16.4. The highest BCUT2D eigenvalue weighted by Gasteiger charge is 2.32. The molecule has 122 valence electrons. The molecule has 6 nitrogen and oxygen atoms in total. The molecule has 1 saturated heterocycles. The van der Waals surface area contributed by atoms with Crippen LogP contribution in [0.2, 0.25) is 10.0 Å². The SMILES string of the molecule is Cn1cnnc1C1CCCN1C(=O)COc1ccc(Cl)c(Cl)c1. The van der Waals surface area contributed by atoms with E-state index in [0.717, 1.165) is 18.7 Å². The van der Waals surface area contributed by atoms with Gasteiger partial charge in [0, 0.05) is 19.7 Å². The Labute approximate surface area is 144 Å². The second-order valence-corrected chi connectivity index (χ2v) is 6.22. The van der Waals surface area contributed by atoms with Crippen LogP contribution in [0.25, 0.3) is 0 Å². The lowest BCUT2D eigenvalue weighted by atomic mass is 10.2. The lowest BCUT2D eigenvalue weighted by molar-refractivity contribution is -0.134. The first-order chi connectivity index (χ1) is 11.1. The average Bonchev–Trinajstić information content (AvgIpc) is 3.16. The van der Waals surface area contributed by atoms with Gasteiger partial charge in [0.25, 0.3) is 5.91 Å². The van der Waals surface area contributed by atoms with Crippen molar-refractivity contribution in [1.29, 1.82) is 0 Å². The van der Waals surface area contributed by atoms with E-state index in [9.17, 15) is 4.79 Å². The lowest BCUT2D eigenvalue weighted by Gasteiger charge is -2.23. The van der Waals surface area contributed by atoms with E-state index in [-0.39, 0.29) is 18.6 Å². The van der Waals surface area contributed by atoms with Crippen LogP contribution in [0.5, 0.6) is 5.75 Å². The minimum atomic E-state index is -0.0819. The minimum Gasteiger partial charge on any atom is -0.484 e. The standard InChI is InChI=1S/C15H16Cl2N4O2/c1-20-9-18-19-15(20)13-3-2-6-21(13)14(22)8-23-10-4-5-11(16)12(17)7-10/h4-5,7,9,13H,2-3,6,8H2,1H3. The molecule has 2 heterocycles. The summed E-state index contributed by atoms with van der Waals surface area (Å²) >= 11 is 11.8. The lowest BCUT2D eigenvalue weighted by Crippen LogP contribution is -2.35. The summed E-state index contributed by atoms with van der Waals surface area (Å²) in [4.78, 5) is 14.3. The van der Waals surface area contributed by atoms with E-state index in [0.29, 0.717) is 22.3 Å². The second-order valence-electron chi connectivity index (χ2n) is 5.41. The van der Waals surface area contributed by atoms with Gasteiger partial charge in [0.15, 0.2) is 12.4 Å². The fourth-order valence-corrected chi connectivity index (χ4v) is 3.01. The van der Waals surface area contributed by atoms with Crippen LogP contribution in [0.15, 0.2) is 24.5 Å². The molecule has 1 aliphatic heterocycles. The number of ether oxygens (including phenoxy) is 1. The van der Waals surface area contributed by atoms with Crippen LogP contribution in [0, 0.1) is 0 Å². The molecule has 8 heteroatoms. The van der Waals surface area contributed by atoms with Crippen LogP contribution in [-0.4, -0.2) is 38.7 Å². The Hall–Kier alpha value is -1.79. The number of likely N-dealkylation sites (tertiary alicyclic amines) is 1. The molecule has 0 bridgehead atoms. The Morgan fingerprint density at radius 3 is 2.91 bits per heavy atom. The molecule has 0 spiro atoms. The van der Waals surface area contributed by atoms with Crippen molar-refractivity contribution >= 4 is 29.1 Å². The van der Waals surface area contributed by atoms with E-state index in [2.05, 4.69) is 10.2 Å². The third-order valence-electron chi connectivity index (χ3n) is 3.87. The first-order valence-corrected chi connectivity index (χ1v) is 8.03. The highest BCUT2D eigenvalue weighted by molar-refractivity contribution is 6.42. The number of nitrogens with zero attached hydrogens (tertiary/aromatic N) is 4. The van der Waals surface area contributed by atoms with Gasteiger partial charge in [-0.3, -0.25) is 4.79 Å². The van der Waals surface area contributed by atoms with Crippen molar-refractivity contribution in [2.24, 2.45) is 7.05 Å². The number of hydrogen-bond acceptors (Lipinski definition) is 4. The predicted molar refractivity (Wildman–Crippen MR) is 86.6 cm³/mol. The van der Waals surface area contributed by atoms with Crippen molar-refractivity contribution in [3.63, 3.8) is 0 Å². The fraction of sp³-hybridized carbons (Fsp3) is 0.400. The summed E-state index contributed by atoms with van der Waals surface area (Å²) in [6.45, 7) is 0.646. The first kappa shape index (κ1) is 16.1. The topological polar surface area (TPSA) is 60.2 Å². The zero-order valence-corrected chi connectivity index (χ0v) is 14.1. The molecular weight excluding hydrogens is 339 g/mol. The number of aromatic nitrogens is 3. The summed E-state index contributed by atoms with van der Waals surface area (Å²) in [5.74, 6) is 1.23. The van der Waals surface area contributed by atoms with Gasteiger partial charge >= 0.3 is 0 Å². The van der Waals surface area contributed by atoms with E-state index < -0.39 is 0 Å². The Bertz CT molecular complexity index is 719. The number of benzene rings is 1. The molecule has 1 unspecified atom stereocenters. The Morgan fingerprint density at radius 2 is 2.22 bits per heavy atom. The molecule has 1 fully saturated rings. The van der Waals surface area contributed by atoms with Crippen LogP contribution in [0.3, 0.4) is 0 Å². The molecule has 23 heavy (non-hydrogen) atoms. The normalized spacial score (nSPS) is 17.5. The molecule has 0 N–H and O–H groups in total. The van der Waals surface area contributed by atoms with Crippen molar-refractivity contribution < 1.29 is 9.53 Å². The number of halogens is 2. The van der Waals surface area contributed by atoms with E-state index in [1.54, 1.807) is 29.4 Å². The van der Waals surface area contributed by atoms with Crippen LogP contribution < -0.4 is 4.74 Å². The molecule has 3 rings (SSSR count). The number of carbonyl (C=O) groups excluding carboxylic acids is 1. The van der Waals surface area contributed by atoms with Gasteiger partial charge in [-0.15, -0.1) is 10.2 Å². The van der Waals surface area contributed by atoms with E-state index in [1.165, 1.54) is 0 Å². The number of carbonyl (C=O) groups is 1. The Kier molecular flexibility index (Phi) is 4.73. The van der Waals surface area contributed by atoms with Gasteiger partial charge in [0.2, 0.25) is 0 Å². The third kappa shape index (κ3) is 3.43. The monoisotopic (exact) mass is 354 g/mol. The molecule has 1 aromatic carbocycles. The molecule has 0 radical (unpaired) electrons. The number of aryl methyl sites for hydroxylation is 1. The van der Waals surface area contributed by atoms with Crippen LogP contribution in [-0.2, 0) is 11.8 Å². The summed E-state index contributed by atoms with van der Waals surface area (Å²) < 4.78 is 7.38. The maximum absolute atomic E-state index is 12.5. The van der Waals surface area contributed by atoms with Crippen molar-refractivity contribution in [1.82, 2.24) is 19.7 Å². The van der Waals surface area contributed by atoms with Gasteiger partial charge in [0.05, 0.1) is 16.1 Å². The van der Waals surface area contributed by atoms with Crippen molar-refractivity contribution in [2.45, 2.75) is 18.9 Å². The van der Waals surface area contributed by atoms with Gasteiger partial charge in [-0.1, -0.05) is 23.2 Å². The van der Waals surface area contributed by atoms with Gasteiger partial charge in [-0.25, -0.2) is 0 Å². The minimum absolute atomic E-state index is 0.0487. The van der Waals surface area contributed by atoms with Gasteiger partial charge in [-0.05, 0) is 25.0 Å². The maximum atomic E-state index is 12.5. The number of rotatable bonds is 4.